The Morgan fingerprint density at radius 2 is 0.957 bits per heavy atom. The summed E-state index contributed by atoms with van der Waals surface area (Å²) in [5.74, 6) is -6.84. The lowest BCUT2D eigenvalue weighted by Gasteiger charge is -2.26. The van der Waals surface area contributed by atoms with Gasteiger partial charge in [-0.3, -0.25) is 40.5 Å². The van der Waals surface area contributed by atoms with Crippen molar-refractivity contribution in [3.63, 3.8) is 0 Å². The fourth-order valence-corrected chi connectivity index (χ4v) is 1.84. The highest BCUT2D eigenvalue weighted by atomic mass is 35.5. The van der Waals surface area contributed by atoms with Crippen molar-refractivity contribution in [3.8, 4) is 0 Å². The number of alkyl halides is 2. The van der Waals surface area contributed by atoms with Gasteiger partial charge in [0, 0.05) is 0 Å². The van der Waals surface area contributed by atoms with Gasteiger partial charge in [-0.05, 0) is 37.0 Å². The topological polar surface area (TPSA) is 191 Å². The Balaban J connectivity index is 5.81. The van der Waals surface area contributed by atoms with Crippen LogP contribution in [-0.4, -0.2) is 36.1 Å². The number of rotatable bonds is 10. The lowest BCUT2D eigenvalue weighted by atomic mass is 10.3. The predicted molar refractivity (Wildman–Crippen MR) is 70.6 cm³/mol. The molecule has 0 N–H and O–H groups in total. The molecule has 0 heterocycles. The summed E-state index contributed by atoms with van der Waals surface area (Å²) in [4.78, 5) is 37.4. The van der Waals surface area contributed by atoms with E-state index in [2.05, 4.69) is 9.47 Å². The van der Waals surface area contributed by atoms with Crippen molar-refractivity contribution in [1.29, 1.82) is 0 Å². The Morgan fingerprint density at radius 3 is 1.09 bits per heavy atom. The molecule has 0 aliphatic rings. The number of nitrogens with zero attached hydrogens (tertiary/aromatic N) is 4. The van der Waals surface area contributed by atoms with Crippen LogP contribution in [0.1, 0.15) is 26.7 Å². The molecule has 0 spiro atoms. The summed E-state index contributed by atoms with van der Waals surface area (Å²) >= 11 is 10.7. The maximum Gasteiger partial charge on any atom is 0.582 e. The molecule has 0 radical (unpaired) electrons. The average molecular weight is 381 g/mol. The molecule has 0 unspecified atom stereocenters. The Morgan fingerprint density at radius 1 is 0.739 bits per heavy atom. The minimum Gasteiger partial charge on any atom is -0.256 e. The van der Waals surface area contributed by atoms with Gasteiger partial charge in [0.05, 0.1) is 0 Å². The first-order valence-corrected chi connectivity index (χ1v) is 6.43. The Kier molecular flexibility index (Phi) is 6.53. The zero-order valence-corrected chi connectivity index (χ0v) is 13.1. The van der Waals surface area contributed by atoms with Gasteiger partial charge in [-0.25, -0.2) is 0 Å². The first-order valence-electron chi connectivity index (χ1n) is 5.67. The first-order chi connectivity index (χ1) is 10.3. The first kappa shape index (κ1) is 21.1. The van der Waals surface area contributed by atoms with Crippen molar-refractivity contribution in [2.24, 2.45) is 0 Å². The van der Waals surface area contributed by atoms with Gasteiger partial charge in [0.15, 0.2) is 0 Å². The predicted octanol–water partition coefficient (Wildman–Crippen LogP) is 1.34. The summed E-state index contributed by atoms with van der Waals surface area (Å²) in [6.07, 6.45) is -1.82. The van der Waals surface area contributed by atoms with E-state index < -0.39 is 48.9 Å². The normalized spacial score (nSPS) is 12.7. The SMILES string of the molecule is CCC(OC(Cl)(Cl)OC(CC)([N+](=O)[O-])[N+](=O)[O-])([N+](=O)[O-])[N+](=O)[O-]. The largest absolute Gasteiger partial charge is 0.582 e. The van der Waals surface area contributed by atoms with Crippen molar-refractivity contribution in [3.05, 3.63) is 40.5 Å². The standard InChI is InChI=1S/C7H10Cl2N4O10/c1-3-5(10(14)15,11(16)17)22-7(8,9)23-6(4-2,12(18)19)13(20)21/h3-4H2,1-2H3. The van der Waals surface area contributed by atoms with Crippen LogP contribution in [0.3, 0.4) is 0 Å². The molecule has 0 bridgehead atoms. The van der Waals surface area contributed by atoms with Crippen LogP contribution in [0.25, 0.3) is 0 Å². The molecule has 23 heavy (non-hydrogen) atoms. The number of halogens is 2. The van der Waals surface area contributed by atoms with Crippen LogP contribution in [0.15, 0.2) is 0 Å². The highest BCUT2D eigenvalue weighted by Crippen LogP contribution is 2.37. The molecule has 0 rings (SSSR count). The number of nitro groups is 4. The van der Waals surface area contributed by atoms with Gasteiger partial charge in [-0.15, -0.1) is 0 Å². The Labute approximate surface area is 136 Å². The lowest BCUT2D eigenvalue weighted by molar-refractivity contribution is -0.876. The minimum atomic E-state index is -3.42. The van der Waals surface area contributed by atoms with E-state index in [0.717, 1.165) is 13.8 Å². The molecular formula is C7H10Cl2N4O10. The van der Waals surface area contributed by atoms with E-state index in [1.807, 2.05) is 0 Å². The monoisotopic (exact) mass is 380 g/mol. The molecule has 0 atom stereocenters. The van der Waals surface area contributed by atoms with Crippen LogP contribution in [0.4, 0.5) is 0 Å². The minimum absolute atomic E-state index is 0.909. The van der Waals surface area contributed by atoms with Crippen LogP contribution in [0.5, 0.6) is 0 Å². The van der Waals surface area contributed by atoms with Crippen molar-refractivity contribution in [2.45, 2.75) is 43.1 Å². The summed E-state index contributed by atoms with van der Waals surface area (Å²) in [5, 5.41) is 43.5. The van der Waals surface area contributed by atoms with E-state index >= 15 is 0 Å². The molecule has 132 valence electrons. The lowest BCUT2D eigenvalue weighted by Crippen LogP contribution is -2.57. The molecule has 0 amide bonds. The summed E-state index contributed by atoms with van der Waals surface area (Å²) < 4.78 is 5.09. The second kappa shape index (κ2) is 7.12. The summed E-state index contributed by atoms with van der Waals surface area (Å²) in [7, 11) is 0. The maximum absolute atomic E-state index is 10.9. The number of hydrogen-bond acceptors (Lipinski definition) is 10. The van der Waals surface area contributed by atoms with E-state index in [1.165, 1.54) is 0 Å². The van der Waals surface area contributed by atoms with Crippen molar-refractivity contribution in [1.82, 2.24) is 0 Å². The van der Waals surface area contributed by atoms with E-state index in [9.17, 15) is 40.5 Å². The fraction of sp³-hybridized carbons (Fsp3) is 1.00. The van der Waals surface area contributed by atoms with Crippen molar-refractivity contribution < 1.29 is 29.2 Å². The Bertz CT molecular complexity index is 453. The fourth-order valence-electron chi connectivity index (χ4n) is 1.34. The molecule has 0 aromatic carbocycles. The highest BCUT2D eigenvalue weighted by molar-refractivity contribution is 6.46. The molecule has 0 aliphatic heterocycles. The second-order valence-electron chi connectivity index (χ2n) is 3.89. The molecule has 0 aromatic rings. The Hall–Kier alpha value is -1.90. The smallest absolute Gasteiger partial charge is 0.256 e. The molecule has 14 nitrogen and oxygen atoms in total. The molecular weight excluding hydrogens is 371 g/mol. The van der Waals surface area contributed by atoms with E-state index in [4.69, 9.17) is 23.2 Å². The average Bonchev–Trinajstić information content (AvgIpc) is 2.40. The van der Waals surface area contributed by atoms with Gasteiger partial charge in [-0.2, -0.15) is 9.47 Å². The molecule has 0 aromatic heterocycles. The van der Waals surface area contributed by atoms with Gasteiger partial charge in [0.1, 0.15) is 32.5 Å². The third kappa shape index (κ3) is 4.10. The highest BCUT2D eigenvalue weighted by Gasteiger charge is 2.68. The zero-order valence-electron chi connectivity index (χ0n) is 11.5. The number of ether oxygens (including phenoxy) is 2. The third-order valence-electron chi connectivity index (χ3n) is 2.63. The molecule has 0 saturated heterocycles. The summed E-state index contributed by atoms with van der Waals surface area (Å²) in [5.41, 5.74) is 0. The maximum atomic E-state index is 10.9. The molecule has 16 heteroatoms. The quantitative estimate of drug-likeness (QED) is 0.231. The van der Waals surface area contributed by atoms with Crippen LogP contribution >= 0.6 is 23.2 Å². The third-order valence-corrected chi connectivity index (χ3v) is 2.94. The van der Waals surface area contributed by atoms with E-state index in [1.54, 1.807) is 0 Å². The molecule has 0 fully saturated rings. The zero-order chi connectivity index (χ0) is 18.6. The van der Waals surface area contributed by atoms with E-state index in [0.29, 0.717) is 0 Å². The van der Waals surface area contributed by atoms with Gasteiger partial charge in [-0.1, -0.05) is 0 Å². The van der Waals surface area contributed by atoms with Gasteiger partial charge in [0.2, 0.25) is 0 Å². The van der Waals surface area contributed by atoms with Crippen LogP contribution < -0.4 is 0 Å². The van der Waals surface area contributed by atoms with Gasteiger partial charge < -0.3 is 0 Å². The molecule has 0 aliphatic carbocycles. The van der Waals surface area contributed by atoms with Gasteiger partial charge in [0.25, 0.3) is 0 Å². The number of hydrogen-bond donors (Lipinski definition) is 0. The van der Waals surface area contributed by atoms with Crippen molar-refractivity contribution >= 4 is 23.2 Å². The molecule has 0 saturated carbocycles. The van der Waals surface area contributed by atoms with Crippen LogP contribution in [0, 0.1) is 40.5 Å². The van der Waals surface area contributed by atoms with Crippen molar-refractivity contribution in [2.75, 3.05) is 0 Å². The van der Waals surface area contributed by atoms with Crippen LogP contribution in [-0.2, 0) is 9.47 Å². The van der Waals surface area contributed by atoms with Crippen LogP contribution in [0.2, 0.25) is 0 Å². The summed E-state index contributed by atoms with van der Waals surface area (Å²) in [6.45, 7) is 1.92. The van der Waals surface area contributed by atoms with E-state index in [-0.39, 0.29) is 0 Å². The van der Waals surface area contributed by atoms with Gasteiger partial charge >= 0.3 is 16.4 Å². The second-order valence-corrected chi connectivity index (χ2v) is 5.08. The summed E-state index contributed by atoms with van der Waals surface area (Å²) in [6, 6.07) is 0.